The van der Waals surface area contributed by atoms with Crippen molar-refractivity contribution in [2.45, 2.75) is 19.5 Å². The summed E-state index contributed by atoms with van der Waals surface area (Å²) >= 11 is 5.66. The number of nitro groups is 1. The molecule has 9 heteroatoms. The molecule has 0 aliphatic rings. The number of nitrogens with one attached hydrogen (secondary N) is 1. The Morgan fingerprint density at radius 2 is 2.33 bits per heavy atom. The van der Waals surface area contributed by atoms with Crippen LogP contribution in [0.2, 0.25) is 5.15 Å². The highest BCUT2D eigenvalue weighted by Gasteiger charge is 2.37. The highest BCUT2D eigenvalue weighted by atomic mass is 35.5. The van der Waals surface area contributed by atoms with Crippen LogP contribution in [-0.2, 0) is 16.1 Å². The summed E-state index contributed by atoms with van der Waals surface area (Å²) in [7, 11) is 1.36. The smallest absolute Gasteiger partial charge is 0.390 e. The third kappa shape index (κ3) is 4.99. The van der Waals surface area contributed by atoms with Crippen molar-refractivity contribution in [1.82, 2.24) is 10.3 Å². The number of pyridine rings is 1. The zero-order chi connectivity index (χ0) is 15.8. The normalized spacial score (nSPS) is 12.6. The highest BCUT2D eigenvalue weighted by Crippen LogP contribution is 2.05. The van der Waals surface area contributed by atoms with Gasteiger partial charge in [-0.2, -0.15) is 0 Å². The number of carbonyl (C=O) groups is 1. The van der Waals surface area contributed by atoms with Gasteiger partial charge < -0.3 is 10.1 Å². The standard InChI is InChI=1S/C12H15ClN4O4/c1-3-21-12(18)10(17(19)20)11(14-2)16-7-8-4-5-9(13)15-6-8/h4-6,10H,3,7H2,1-2H3,(H,14,16). The third-order valence-electron chi connectivity index (χ3n) is 2.48. The number of aromatic nitrogens is 1. The minimum absolute atomic E-state index is 0.0568. The van der Waals surface area contributed by atoms with Crippen molar-refractivity contribution in [2.24, 2.45) is 4.99 Å². The van der Waals surface area contributed by atoms with Crippen molar-refractivity contribution in [3.05, 3.63) is 39.2 Å². The van der Waals surface area contributed by atoms with Gasteiger partial charge in [0.25, 0.3) is 0 Å². The number of hydrogen-bond acceptors (Lipinski definition) is 6. The van der Waals surface area contributed by atoms with Crippen LogP contribution in [0, 0.1) is 10.1 Å². The molecule has 0 fully saturated rings. The summed E-state index contributed by atoms with van der Waals surface area (Å²) in [5.74, 6) is -1.03. The first-order valence-electron chi connectivity index (χ1n) is 6.10. The van der Waals surface area contributed by atoms with E-state index in [1.54, 1.807) is 19.1 Å². The van der Waals surface area contributed by atoms with Gasteiger partial charge in [0.1, 0.15) is 5.15 Å². The predicted octanol–water partition coefficient (Wildman–Crippen LogP) is 1.06. The van der Waals surface area contributed by atoms with Crippen LogP contribution in [0.1, 0.15) is 12.5 Å². The van der Waals surface area contributed by atoms with E-state index in [4.69, 9.17) is 11.6 Å². The van der Waals surface area contributed by atoms with Crippen LogP contribution in [0.5, 0.6) is 0 Å². The fourth-order valence-corrected chi connectivity index (χ4v) is 1.63. The molecule has 0 spiro atoms. The van der Waals surface area contributed by atoms with E-state index < -0.39 is 16.9 Å². The lowest BCUT2D eigenvalue weighted by Gasteiger charge is -2.13. The van der Waals surface area contributed by atoms with Crippen molar-refractivity contribution < 1.29 is 14.5 Å². The van der Waals surface area contributed by atoms with Gasteiger partial charge >= 0.3 is 12.0 Å². The van der Waals surface area contributed by atoms with Crippen LogP contribution in [0.25, 0.3) is 0 Å². The lowest BCUT2D eigenvalue weighted by atomic mass is 10.2. The molecule has 0 bridgehead atoms. The minimum atomic E-state index is -1.67. The maximum Gasteiger partial charge on any atom is 0.390 e. The molecular weight excluding hydrogens is 300 g/mol. The molecule has 0 radical (unpaired) electrons. The lowest BCUT2D eigenvalue weighted by Crippen LogP contribution is -2.45. The fourth-order valence-electron chi connectivity index (χ4n) is 1.52. The number of aliphatic imine (C=N–C) groups is 1. The minimum Gasteiger partial charge on any atom is -0.461 e. The quantitative estimate of drug-likeness (QED) is 0.210. The summed E-state index contributed by atoms with van der Waals surface area (Å²) in [5.41, 5.74) is 0.742. The Hall–Kier alpha value is -2.22. The molecule has 0 aliphatic heterocycles. The molecule has 0 aliphatic carbocycles. The average molecular weight is 315 g/mol. The Morgan fingerprint density at radius 1 is 1.62 bits per heavy atom. The van der Waals surface area contributed by atoms with E-state index in [0.717, 1.165) is 5.56 Å². The Labute approximate surface area is 126 Å². The molecule has 0 saturated carbocycles. The van der Waals surface area contributed by atoms with Crippen molar-refractivity contribution in [3.63, 3.8) is 0 Å². The van der Waals surface area contributed by atoms with E-state index in [-0.39, 0.29) is 19.0 Å². The molecule has 1 aromatic heterocycles. The molecule has 0 amide bonds. The molecule has 0 aromatic carbocycles. The maximum absolute atomic E-state index is 11.6. The number of carbonyl (C=O) groups excluding carboxylic acids is 1. The van der Waals surface area contributed by atoms with Gasteiger partial charge in [-0.05, 0) is 18.6 Å². The summed E-state index contributed by atoms with van der Waals surface area (Å²) in [6, 6.07) is 1.63. The highest BCUT2D eigenvalue weighted by molar-refractivity contribution is 6.29. The molecule has 1 N–H and O–H groups in total. The van der Waals surface area contributed by atoms with Crippen molar-refractivity contribution in [3.8, 4) is 0 Å². The molecule has 114 valence electrons. The van der Waals surface area contributed by atoms with Gasteiger partial charge in [-0.25, -0.2) is 9.78 Å². The van der Waals surface area contributed by atoms with E-state index in [0.29, 0.717) is 5.15 Å². The van der Waals surface area contributed by atoms with Crippen LogP contribution in [0.4, 0.5) is 0 Å². The number of amidine groups is 1. The Morgan fingerprint density at radius 3 is 2.81 bits per heavy atom. The Bertz CT molecular complexity index is 533. The van der Waals surface area contributed by atoms with Gasteiger partial charge in [-0.1, -0.05) is 17.7 Å². The number of rotatable bonds is 6. The van der Waals surface area contributed by atoms with E-state index in [9.17, 15) is 14.9 Å². The molecule has 8 nitrogen and oxygen atoms in total. The summed E-state index contributed by atoms with van der Waals surface area (Å²) in [6.07, 6.45) is 1.52. The molecule has 21 heavy (non-hydrogen) atoms. The number of esters is 1. The first kappa shape index (κ1) is 16.8. The molecule has 0 saturated heterocycles. The largest absolute Gasteiger partial charge is 0.461 e. The molecule has 1 heterocycles. The second-order valence-corrected chi connectivity index (χ2v) is 4.28. The van der Waals surface area contributed by atoms with E-state index in [2.05, 4.69) is 20.0 Å². The predicted molar refractivity (Wildman–Crippen MR) is 76.9 cm³/mol. The topological polar surface area (TPSA) is 107 Å². The Kier molecular flexibility index (Phi) is 6.54. The SMILES string of the molecule is CCOC(=O)C(C(=NC)NCc1ccc(Cl)nc1)[N+](=O)[O-]. The summed E-state index contributed by atoms with van der Waals surface area (Å²) < 4.78 is 4.68. The zero-order valence-corrected chi connectivity index (χ0v) is 12.3. The van der Waals surface area contributed by atoms with Gasteiger partial charge in [0.2, 0.25) is 0 Å². The average Bonchev–Trinajstić information content (AvgIpc) is 2.44. The van der Waals surface area contributed by atoms with Gasteiger partial charge in [0.15, 0.2) is 5.84 Å². The Balaban J connectivity index is 2.78. The first-order valence-corrected chi connectivity index (χ1v) is 6.48. The molecule has 1 aromatic rings. The van der Waals surface area contributed by atoms with Gasteiger partial charge in [-0.15, -0.1) is 0 Å². The fraction of sp³-hybridized carbons (Fsp3) is 0.417. The lowest BCUT2D eigenvalue weighted by molar-refractivity contribution is -0.492. The van der Waals surface area contributed by atoms with Crippen LogP contribution in [0.3, 0.4) is 0 Å². The van der Waals surface area contributed by atoms with Gasteiger partial charge in [0.05, 0.1) is 6.61 Å². The summed E-state index contributed by atoms with van der Waals surface area (Å²) in [6.45, 7) is 1.85. The monoisotopic (exact) mass is 314 g/mol. The number of nitrogens with zero attached hydrogens (tertiary/aromatic N) is 3. The third-order valence-corrected chi connectivity index (χ3v) is 2.71. The van der Waals surface area contributed by atoms with Crippen LogP contribution < -0.4 is 5.32 Å². The molecular formula is C12H15ClN4O4. The summed E-state index contributed by atoms with van der Waals surface area (Å²) in [4.78, 5) is 29.6. The van der Waals surface area contributed by atoms with E-state index in [1.807, 2.05) is 0 Å². The number of hydrogen-bond donors (Lipinski definition) is 1. The van der Waals surface area contributed by atoms with Crippen LogP contribution in [-0.4, -0.2) is 41.4 Å². The van der Waals surface area contributed by atoms with E-state index in [1.165, 1.54) is 13.2 Å². The second-order valence-electron chi connectivity index (χ2n) is 3.89. The molecule has 1 rings (SSSR count). The van der Waals surface area contributed by atoms with Crippen LogP contribution >= 0.6 is 11.6 Å². The van der Waals surface area contributed by atoms with Gasteiger partial charge in [-0.3, -0.25) is 15.1 Å². The van der Waals surface area contributed by atoms with Crippen molar-refractivity contribution >= 4 is 23.4 Å². The number of halogens is 1. The first-order chi connectivity index (χ1) is 9.99. The van der Waals surface area contributed by atoms with Crippen molar-refractivity contribution in [2.75, 3.05) is 13.7 Å². The van der Waals surface area contributed by atoms with E-state index >= 15 is 0 Å². The van der Waals surface area contributed by atoms with Crippen LogP contribution in [0.15, 0.2) is 23.3 Å². The van der Waals surface area contributed by atoms with Crippen molar-refractivity contribution in [1.29, 1.82) is 0 Å². The van der Waals surface area contributed by atoms with Gasteiger partial charge in [0, 0.05) is 24.7 Å². The summed E-state index contributed by atoms with van der Waals surface area (Å²) in [5, 5.41) is 14.1. The zero-order valence-electron chi connectivity index (χ0n) is 11.6. The molecule has 1 atom stereocenters. The maximum atomic E-state index is 11.6. The molecule has 1 unspecified atom stereocenters. The second kappa shape index (κ2) is 8.15. The number of ether oxygens (including phenoxy) is 1.